The van der Waals surface area contributed by atoms with E-state index in [2.05, 4.69) is 24.5 Å². The van der Waals surface area contributed by atoms with Crippen molar-refractivity contribution in [1.82, 2.24) is 10.6 Å². The fraction of sp³-hybridized carbons (Fsp3) is 0.941. The highest BCUT2D eigenvalue weighted by molar-refractivity contribution is 5.73. The molecule has 6 atom stereocenters. The van der Waals surface area contributed by atoms with E-state index in [-0.39, 0.29) is 48.3 Å². The Labute approximate surface area is 246 Å². The summed E-state index contributed by atoms with van der Waals surface area (Å²) < 4.78 is 13.1. The molecule has 2 saturated heterocycles. The maximum atomic E-state index is 12.0. The summed E-state index contributed by atoms with van der Waals surface area (Å²) in [5.74, 6) is 0.0702. The molecule has 0 saturated carbocycles. The van der Waals surface area contributed by atoms with Crippen LogP contribution in [0, 0.1) is 0 Å². The van der Waals surface area contributed by atoms with Crippen LogP contribution >= 0.6 is 0 Å². The molecule has 2 heterocycles. The lowest BCUT2D eigenvalue weighted by molar-refractivity contribution is -0.124. The summed E-state index contributed by atoms with van der Waals surface area (Å²) in [6, 6.07) is 0.183. The SMILES string of the molecule is CCCCCCCCCC[C@H](NC(C)=O)[C@H]1CC[C@H]([C@H]2CC[C@H]([C@H](CCCCCCCCCC)NC(C)=O)O2)O1. The van der Waals surface area contributed by atoms with E-state index in [1.54, 1.807) is 13.8 Å². The number of ether oxygens (including phenoxy) is 2. The van der Waals surface area contributed by atoms with Gasteiger partial charge in [-0.3, -0.25) is 9.59 Å². The molecule has 6 nitrogen and oxygen atoms in total. The third kappa shape index (κ3) is 14.7. The van der Waals surface area contributed by atoms with E-state index in [0.717, 1.165) is 51.4 Å². The smallest absolute Gasteiger partial charge is 0.217 e. The Kier molecular flexibility index (Phi) is 18.9. The molecule has 0 unspecified atom stereocenters. The molecule has 0 aromatic carbocycles. The van der Waals surface area contributed by atoms with Crippen molar-refractivity contribution in [1.29, 1.82) is 0 Å². The first kappa shape index (κ1) is 35.1. The number of hydrogen-bond donors (Lipinski definition) is 2. The molecule has 0 radical (unpaired) electrons. The van der Waals surface area contributed by atoms with Crippen LogP contribution in [0.4, 0.5) is 0 Å². The zero-order chi connectivity index (χ0) is 29.0. The van der Waals surface area contributed by atoms with Crippen molar-refractivity contribution in [3.8, 4) is 0 Å². The largest absolute Gasteiger partial charge is 0.370 e. The third-order valence-electron chi connectivity index (χ3n) is 9.00. The summed E-state index contributed by atoms with van der Waals surface area (Å²) in [6.45, 7) is 7.76. The molecular formula is C34H64N2O4. The standard InChI is InChI=1S/C34H64N2O4/c1-5-7-9-11-13-15-17-19-21-29(35-27(3)37)31-23-25-33(39-31)34-26-24-32(40-34)30(36-28(4)38)22-20-18-16-14-12-10-8-6-2/h29-34H,5-26H2,1-4H3,(H,35,37)(H,36,38)/t29-,30-,31+,32+,33+,34+/m0/s1. The van der Waals surface area contributed by atoms with Gasteiger partial charge in [-0.25, -0.2) is 0 Å². The first-order valence-corrected chi connectivity index (χ1v) is 17.3. The molecule has 0 spiro atoms. The van der Waals surface area contributed by atoms with Crippen molar-refractivity contribution in [3.63, 3.8) is 0 Å². The average Bonchev–Trinajstić information content (AvgIpc) is 3.60. The van der Waals surface area contributed by atoms with E-state index >= 15 is 0 Å². The van der Waals surface area contributed by atoms with E-state index in [0.29, 0.717) is 0 Å². The zero-order valence-electron chi connectivity index (χ0n) is 26.7. The van der Waals surface area contributed by atoms with Crippen LogP contribution in [-0.4, -0.2) is 48.3 Å². The zero-order valence-corrected chi connectivity index (χ0v) is 26.7. The molecule has 2 aliphatic heterocycles. The van der Waals surface area contributed by atoms with Gasteiger partial charge in [0.25, 0.3) is 0 Å². The van der Waals surface area contributed by atoms with Crippen molar-refractivity contribution in [2.75, 3.05) is 0 Å². The number of carbonyl (C=O) groups is 2. The molecule has 2 fully saturated rings. The van der Waals surface area contributed by atoms with E-state index in [9.17, 15) is 9.59 Å². The Morgan fingerprint density at radius 1 is 0.550 bits per heavy atom. The van der Waals surface area contributed by atoms with Gasteiger partial charge in [-0.05, 0) is 38.5 Å². The minimum atomic E-state index is 0.0351. The lowest BCUT2D eigenvalue weighted by Gasteiger charge is -2.28. The Balaban J connectivity index is 1.74. The fourth-order valence-corrected chi connectivity index (χ4v) is 6.74. The van der Waals surface area contributed by atoms with Crippen molar-refractivity contribution in [3.05, 3.63) is 0 Å². The quantitative estimate of drug-likeness (QED) is 0.123. The fourth-order valence-electron chi connectivity index (χ4n) is 6.74. The summed E-state index contributed by atoms with van der Waals surface area (Å²) in [5, 5.41) is 6.39. The van der Waals surface area contributed by atoms with Crippen LogP contribution in [0.25, 0.3) is 0 Å². The van der Waals surface area contributed by atoms with Crippen LogP contribution in [0.1, 0.15) is 169 Å². The molecule has 2 aliphatic rings. The van der Waals surface area contributed by atoms with Crippen molar-refractivity contribution < 1.29 is 19.1 Å². The van der Waals surface area contributed by atoms with Crippen LogP contribution in [-0.2, 0) is 19.1 Å². The van der Waals surface area contributed by atoms with Crippen LogP contribution in [0.3, 0.4) is 0 Å². The third-order valence-corrected chi connectivity index (χ3v) is 9.00. The summed E-state index contributed by atoms with van der Waals surface area (Å²) in [6.07, 6.45) is 26.9. The lowest BCUT2D eigenvalue weighted by atomic mass is 9.98. The van der Waals surface area contributed by atoms with Crippen molar-refractivity contribution in [2.45, 2.75) is 205 Å². The minimum absolute atomic E-state index is 0.0351. The van der Waals surface area contributed by atoms with Crippen LogP contribution < -0.4 is 10.6 Å². The van der Waals surface area contributed by atoms with Gasteiger partial charge >= 0.3 is 0 Å². The maximum absolute atomic E-state index is 12.0. The second-order valence-corrected chi connectivity index (χ2v) is 12.7. The maximum Gasteiger partial charge on any atom is 0.217 e. The van der Waals surface area contributed by atoms with Gasteiger partial charge < -0.3 is 20.1 Å². The van der Waals surface area contributed by atoms with E-state index in [1.807, 2.05) is 0 Å². The molecule has 2 amide bonds. The van der Waals surface area contributed by atoms with Gasteiger partial charge in [0.1, 0.15) is 0 Å². The topological polar surface area (TPSA) is 76.7 Å². The predicted molar refractivity (Wildman–Crippen MR) is 165 cm³/mol. The lowest BCUT2D eigenvalue weighted by Crippen LogP contribution is -2.44. The molecule has 0 aromatic rings. The van der Waals surface area contributed by atoms with Gasteiger partial charge in [-0.2, -0.15) is 0 Å². The van der Waals surface area contributed by atoms with Gasteiger partial charge in [0, 0.05) is 13.8 Å². The van der Waals surface area contributed by atoms with E-state index in [1.165, 1.54) is 89.9 Å². The highest BCUT2D eigenvalue weighted by Gasteiger charge is 2.41. The normalized spacial score (nSPS) is 24.2. The molecule has 0 aromatic heterocycles. The van der Waals surface area contributed by atoms with Gasteiger partial charge in [-0.15, -0.1) is 0 Å². The number of rotatable bonds is 23. The van der Waals surface area contributed by atoms with Gasteiger partial charge in [-0.1, -0.05) is 117 Å². The summed E-state index contributed by atoms with van der Waals surface area (Å²) >= 11 is 0. The van der Waals surface area contributed by atoms with E-state index in [4.69, 9.17) is 9.47 Å². The van der Waals surface area contributed by atoms with Gasteiger partial charge in [0.2, 0.25) is 11.8 Å². The van der Waals surface area contributed by atoms with E-state index < -0.39 is 0 Å². The van der Waals surface area contributed by atoms with Gasteiger partial charge in [0.15, 0.2) is 0 Å². The number of amides is 2. The number of carbonyl (C=O) groups excluding carboxylic acids is 2. The molecule has 0 bridgehead atoms. The molecular weight excluding hydrogens is 500 g/mol. The molecule has 234 valence electrons. The molecule has 2 rings (SSSR count). The minimum Gasteiger partial charge on any atom is -0.370 e. The Hall–Kier alpha value is -1.14. The second kappa shape index (κ2) is 21.5. The van der Waals surface area contributed by atoms with Crippen molar-refractivity contribution >= 4 is 11.8 Å². The average molecular weight is 565 g/mol. The van der Waals surface area contributed by atoms with Crippen LogP contribution in [0.2, 0.25) is 0 Å². The van der Waals surface area contributed by atoms with Crippen molar-refractivity contribution in [2.24, 2.45) is 0 Å². The predicted octanol–water partition coefficient (Wildman–Crippen LogP) is 8.15. The first-order chi connectivity index (χ1) is 19.4. The van der Waals surface area contributed by atoms with Crippen LogP contribution in [0.5, 0.6) is 0 Å². The molecule has 40 heavy (non-hydrogen) atoms. The van der Waals surface area contributed by atoms with Gasteiger partial charge in [0.05, 0.1) is 36.5 Å². The first-order valence-electron chi connectivity index (χ1n) is 17.3. The highest BCUT2D eigenvalue weighted by atomic mass is 16.6. The monoisotopic (exact) mass is 564 g/mol. The Morgan fingerprint density at radius 3 is 1.20 bits per heavy atom. The molecule has 0 aliphatic carbocycles. The Bertz CT molecular complexity index is 616. The highest BCUT2D eigenvalue weighted by Crippen LogP contribution is 2.35. The molecule has 2 N–H and O–H groups in total. The number of nitrogens with one attached hydrogen (secondary N) is 2. The summed E-state index contributed by atoms with van der Waals surface area (Å²) in [7, 11) is 0. The Morgan fingerprint density at radius 2 is 0.875 bits per heavy atom. The summed E-state index contributed by atoms with van der Waals surface area (Å²) in [5.41, 5.74) is 0. The second-order valence-electron chi connectivity index (χ2n) is 12.7. The number of hydrogen-bond acceptors (Lipinski definition) is 4. The van der Waals surface area contributed by atoms with Crippen LogP contribution in [0.15, 0.2) is 0 Å². The summed E-state index contributed by atoms with van der Waals surface area (Å²) in [4.78, 5) is 23.9. The molecule has 6 heteroatoms. The number of unbranched alkanes of at least 4 members (excludes halogenated alkanes) is 14.